The van der Waals surface area contributed by atoms with Gasteiger partial charge in [-0.25, -0.2) is 0 Å². The number of benzene rings is 1. The molecule has 0 spiro atoms. The maximum absolute atomic E-state index is 12.5. The van der Waals surface area contributed by atoms with Crippen molar-refractivity contribution in [3.05, 3.63) is 65.5 Å². The Morgan fingerprint density at radius 2 is 2.04 bits per heavy atom. The van der Waals surface area contributed by atoms with Gasteiger partial charge in [-0.15, -0.1) is 0 Å². The van der Waals surface area contributed by atoms with Crippen molar-refractivity contribution in [3.63, 3.8) is 0 Å². The molecule has 2 aromatic rings. The van der Waals surface area contributed by atoms with Crippen molar-refractivity contribution in [2.45, 2.75) is 38.9 Å². The number of carbonyl (C=O) groups is 2. The second kappa shape index (κ2) is 7.25. The summed E-state index contributed by atoms with van der Waals surface area (Å²) in [4.78, 5) is 30.4. The highest BCUT2D eigenvalue weighted by atomic mass is 16.2. The minimum atomic E-state index is -0.400. The van der Waals surface area contributed by atoms with Gasteiger partial charge >= 0.3 is 0 Å². The number of carbonyl (C=O) groups excluding carboxylic acids is 2. The molecule has 2 amide bonds. The van der Waals surface area contributed by atoms with Gasteiger partial charge in [-0.05, 0) is 30.5 Å². The summed E-state index contributed by atoms with van der Waals surface area (Å²) in [6.07, 6.45) is 4.41. The summed E-state index contributed by atoms with van der Waals surface area (Å²) in [7, 11) is 0. The number of likely N-dealkylation sites (tertiary alicyclic amines) is 1. The number of hydrogen-bond donors (Lipinski definition) is 1. The Bertz CT molecular complexity index is 713. The van der Waals surface area contributed by atoms with Gasteiger partial charge in [-0.1, -0.05) is 35.9 Å². The van der Waals surface area contributed by atoms with Crippen LogP contribution in [-0.2, 0) is 22.7 Å². The zero-order valence-corrected chi connectivity index (χ0v) is 13.7. The van der Waals surface area contributed by atoms with Crippen LogP contribution >= 0.6 is 0 Å². The molecule has 1 aromatic carbocycles. The molecule has 0 saturated carbocycles. The van der Waals surface area contributed by atoms with Gasteiger partial charge < -0.3 is 10.2 Å². The fourth-order valence-corrected chi connectivity index (χ4v) is 2.91. The van der Waals surface area contributed by atoms with Crippen molar-refractivity contribution in [3.8, 4) is 0 Å². The number of hydrogen-bond acceptors (Lipinski definition) is 3. The topological polar surface area (TPSA) is 62.3 Å². The second-order valence-corrected chi connectivity index (χ2v) is 6.14. The summed E-state index contributed by atoms with van der Waals surface area (Å²) < 4.78 is 0. The van der Waals surface area contributed by atoms with Crippen LogP contribution in [0.1, 0.15) is 29.5 Å². The Kier molecular flexibility index (Phi) is 4.89. The van der Waals surface area contributed by atoms with Crippen molar-refractivity contribution in [2.24, 2.45) is 0 Å². The SMILES string of the molecule is Cc1ccc(CNC(=O)C2CCC(=O)N2Cc2cccnc2)cc1. The first-order chi connectivity index (χ1) is 11.6. The van der Waals surface area contributed by atoms with E-state index >= 15 is 0 Å². The van der Waals surface area contributed by atoms with E-state index in [1.54, 1.807) is 17.3 Å². The van der Waals surface area contributed by atoms with E-state index in [4.69, 9.17) is 0 Å². The first-order valence-corrected chi connectivity index (χ1v) is 8.15. The first kappa shape index (κ1) is 16.2. The van der Waals surface area contributed by atoms with Crippen molar-refractivity contribution in [1.82, 2.24) is 15.2 Å². The number of nitrogens with zero attached hydrogens (tertiary/aromatic N) is 2. The molecule has 0 radical (unpaired) electrons. The molecule has 1 fully saturated rings. The second-order valence-electron chi connectivity index (χ2n) is 6.14. The highest BCUT2D eigenvalue weighted by Crippen LogP contribution is 2.21. The van der Waals surface area contributed by atoms with Gasteiger partial charge in [-0.3, -0.25) is 14.6 Å². The smallest absolute Gasteiger partial charge is 0.243 e. The third-order valence-corrected chi connectivity index (χ3v) is 4.29. The van der Waals surface area contributed by atoms with E-state index in [9.17, 15) is 9.59 Å². The molecule has 1 N–H and O–H groups in total. The van der Waals surface area contributed by atoms with Crippen LogP contribution in [0.5, 0.6) is 0 Å². The molecule has 24 heavy (non-hydrogen) atoms. The Labute approximate surface area is 141 Å². The molecule has 1 aliphatic rings. The largest absolute Gasteiger partial charge is 0.350 e. The monoisotopic (exact) mass is 323 g/mol. The standard InChI is InChI=1S/C19H21N3O2/c1-14-4-6-15(7-5-14)12-21-19(24)17-8-9-18(23)22(17)13-16-3-2-10-20-11-16/h2-7,10-11,17H,8-9,12-13H2,1H3,(H,21,24). The van der Waals surface area contributed by atoms with E-state index < -0.39 is 6.04 Å². The molecular weight excluding hydrogens is 302 g/mol. The van der Waals surface area contributed by atoms with Crippen LogP contribution in [0.25, 0.3) is 0 Å². The van der Waals surface area contributed by atoms with Crippen LogP contribution in [-0.4, -0.2) is 27.7 Å². The molecule has 0 aliphatic carbocycles. The Hall–Kier alpha value is -2.69. The van der Waals surface area contributed by atoms with Gasteiger partial charge in [0.1, 0.15) is 6.04 Å². The molecule has 1 saturated heterocycles. The van der Waals surface area contributed by atoms with Gasteiger partial charge in [0.15, 0.2) is 0 Å². The van der Waals surface area contributed by atoms with E-state index in [0.717, 1.165) is 11.1 Å². The lowest BCUT2D eigenvalue weighted by Crippen LogP contribution is -2.44. The fourth-order valence-electron chi connectivity index (χ4n) is 2.91. The maximum Gasteiger partial charge on any atom is 0.243 e. The van der Waals surface area contributed by atoms with Crippen LogP contribution < -0.4 is 5.32 Å². The molecule has 3 rings (SSSR count). The third-order valence-electron chi connectivity index (χ3n) is 4.29. The molecule has 0 bridgehead atoms. The van der Waals surface area contributed by atoms with Gasteiger partial charge in [0, 0.05) is 31.9 Å². The summed E-state index contributed by atoms with van der Waals surface area (Å²) in [5.41, 5.74) is 3.18. The lowest BCUT2D eigenvalue weighted by Gasteiger charge is -2.24. The lowest BCUT2D eigenvalue weighted by molar-refractivity contribution is -0.135. The van der Waals surface area contributed by atoms with Crippen molar-refractivity contribution >= 4 is 11.8 Å². The highest BCUT2D eigenvalue weighted by Gasteiger charge is 2.35. The maximum atomic E-state index is 12.5. The summed E-state index contributed by atoms with van der Waals surface area (Å²) >= 11 is 0. The first-order valence-electron chi connectivity index (χ1n) is 8.15. The van der Waals surface area contributed by atoms with Crippen molar-refractivity contribution in [2.75, 3.05) is 0 Å². The molecule has 1 unspecified atom stereocenters. The zero-order valence-electron chi connectivity index (χ0n) is 13.7. The van der Waals surface area contributed by atoms with Crippen LogP contribution in [0.15, 0.2) is 48.8 Å². The minimum Gasteiger partial charge on any atom is -0.350 e. The van der Waals surface area contributed by atoms with E-state index in [-0.39, 0.29) is 11.8 Å². The summed E-state index contributed by atoms with van der Waals surface area (Å²) in [5, 5.41) is 2.95. The van der Waals surface area contributed by atoms with Crippen LogP contribution in [0.2, 0.25) is 0 Å². The van der Waals surface area contributed by atoms with E-state index in [1.807, 2.05) is 43.3 Å². The predicted molar refractivity (Wildman–Crippen MR) is 90.8 cm³/mol. The highest BCUT2D eigenvalue weighted by molar-refractivity contribution is 5.90. The quantitative estimate of drug-likeness (QED) is 0.917. The number of nitrogens with one attached hydrogen (secondary N) is 1. The summed E-state index contributed by atoms with van der Waals surface area (Å²) in [6, 6.07) is 11.4. The molecule has 124 valence electrons. The zero-order chi connectivity index (χ0) is 16.9. The predicted octanol–water partition coefficient (Wildman–Crippen LogP) is 2.20. The summed E-state index contributed by atoms with van der Waals surface area (Å²) in [6.45, 7) is 2.93. The normalized spacial score (nSPS) is 17.1. The number of aryl methyl sites for hydroxylation is 1. The average Bonchev–Trinajstić information content (AvgIpc) is 2.96. The Morgan fingerprint density at radius 3 is 2.75 bits per heavy atom. The molecule has 1 atom stereocenters. The van der Waals surface area contributed by atoms with Gasteiger partial charge in [0.2, 0.25) is 11.8 Å². The molecular formula is C19H21N3O2. The van der Waals surface area contributed by atoms with Gasteiger partial charge in [0.25, 0.3) is 0 Å². The number of pyridine rings is 1. The molecule has 5 nitrogen and oxygen atoms in total. The molecule has 1 aliphatic heterocycles. The van der Waals surface area contributed by atoms with Crippen molar-refractivity contribution in [1.29, 1.82) is 0 Å². The van der Waals surface area contributed by atoms with Crippen LogP contribution in [0, 0.1) is 6.92 Å². The van der Waals surface area contributed by atoms with E-state index in [2.05, 4.69) is 10.3 Å². The number of rotatable bonds is 5. The third kappa shape index (κ3) is 3.79. The van der Waals surface area contributed by atoms with Crippen molar-refractivity contribution < 1.29 is 9.59 Å². The molecule has 2 heterocycles. The van der Waals surface area contributed by atoms with E-state index in [0.29, 0.717) is 25.9 Å². The average molecular weight is 323 g/mol. The lowest BCUT2D eigenvalue weighted by atomic mass is 10.1. The van der Waals surface area contributed by atoms with E-state index in [1.165, 1.54) is 5.56 Å². The van der Waals surface area contributed by atoms with Gasteiger partial charge in [-0.2, -0.15) is 0 Å². The number of aromatic nitrogens is 1. The van der Waals surface area contributed by atoms with Gasteiger partial charge in [0.05, 0.1) is 0 Å². The molecule has 5 heteroatoms. The van der Waals surface area contributed by atoms with Crippen LogP contribution in [0.4, 0.5) is 0 Å². The fraction of sp³-hybridized carbons (Fsp3) is 0.316. The number of amides is 2. The van der Waals surface area contributed by atoms with Crippen LogP contribution in [0.3, 0.4) is 0 Å². The Balaban J connectivity index is 1.62. The Morgan fingerprint density at radius 1 is 1.25 bits per heavy atom. The molecule has 1 aromatic heterocycles. The minimum absolute atomic E-state index is 0.0225. The summed E-state index contributed by atoms with van der Waals surface area (Å²) in [5.74, 6) is -0.0698.